The molecule has 3 aliphatic carbocycles. The minimum Gasteiger partial charge on any atom is -0.466 e. The molecule has 0 saturated heterocycles. The molecular formula is C29H34O3. The Morgan fingerprint density at radius 1 is 1.16 bits per heavy atom. The number of rotatable bonds is 6. The van der Waals surface area contributed by atoms with Crippen molar-refractivity contribution in [3.63, 3.8) is 0 Å². The zero-order valence-corrected chi connectivity index (χ0v) is 19.3. The first kappa shape index (κ1) is 22.6. The van der Waals surface area contributed by atoms with Gasteiger partial charge < -0.3 is 4.74 Å². The van der Waals surface area contributed by atoms with Crippen molar-refractivity contribution in [2.75, 3.05) is 6.61 Å². The van der Waals surface area contributed by atoms with Gasteiger partial charge in [-0.3, -0.25) is 9.59 Å². The second-order valence-electron chi connectivity index (χ2n) is 9.60. The van der Waals surface area contributed by atoms with Crippen molar-refractivity contribution in [3.8, 4) is 11.8 Å². The topological polar surface area (TPSA) is 43.4 Å². The van der Waals surface area contributed by atoms with Gasteiger partial charge in [0, 0.05) is 12.0 Å². The minimum atomic E-state index is -0.106. The Morgan fingerprint density at radius 2 is 2.00 bits per heavy atom. The number of esters is 1. The van der Waals surface area contributed by atoms with E-state index in [0.717, 1.165) is 44.1 Å². The van der Waals surface area contributed by atoms with Crippen LogP contribution < -0.4 is 0 Å². The van der Waals surface area contributed by atoms with E-state index >= 15 is 0 Å². The van der Waals surface area contributed by atoms with E-state index in [9.17, 15) is 9.59 Å². The zero-order chi connectivity index (χ0) is 22.4. The summed E-state index contributed by atoms with van der Waals surface area (Å²) in [5.74, 6) is 6.18. The fourth-order valence-electron chi connectivity index (χ4n) is 5.98. The Bertz CT molecular complexity index is 973. The molecule has 0 aromatic heterocycles. The van der Waals surface area contributed by atoms with Crippen LogP contribution in [0.2, 0.25) is 0 Å². The first-order valence-corrected chi connectivity index (χ1v) is 12.3. The van der Waals surface area contributed by atoms with Gasteiger partial charge in [-0.1, -0.05) is 42.2 Å². The molecule has 0 bridgehead atoms. The largest absolute Gasteiger partial charge is 0.466 e. The number of Topliss-reactive ketones (excluding diaryl/α,β-unsaturated/α-hetero) is 1. The summed E-state index contributed by atoms with van der Waals surface area (Å²) in [6.45, 7) is 2.30. The van der Waals surface area contributed by atoms with Gasteiger partial charge in [-0.15, -0.1) is 0 Å². The number of benzene rings is 1. The highest BCUT2D eigenvalue weighted by atomic mass is 16.5. The van der Waals surface area contributed by atoms with Crippen molar-refractivity contribution in [2.24, 2.45) is 11.3 Å². The smallest absolute Gasteiger partial charge is 0.309 e. The number of carbonyl (C=O) groups is 2. The summed E-state index contributed by atoms with van der Waals surface area (Å²) in [4.78, 5) is 24.8. The Kier molecular flexibility index (Phi) is 7.30. The highest BCUT2D eigenvalue weighted by molar-refractivity contribution is 5.96. The van der Waals surface area contributed by atoms with Gasteiger partial charge in [0.1, 0.15) is 0 Å². The van der Waals surface area contributed by atoms with Gasteiger partial charge in [0.2, 0.25) is 5.78 Å². The highest BCUT2D eigenvalue weighted by Gasteiger charge is 2.50. The SMILES string of the molecule is CCOC(=O)CC1=C(C2=CCCCCC2)C2(CCC(CC(=O)C#Cc3ccccc3)C2)C1. The van der Waals surface area contributed by atoms with Crippen LogP contribution >= 0.6 is 0 Å². The lowest BCUT2D eigenvalue weighted by atomic mass is 9.58. The molecule has 1 aromatic rings. The van der Waals surface area contributed by atoms with Gasteiger partial charge in [-0.25, -0.2) is 0 Å². The van der Waals surface area contributed by atoms with Crippen molar-refractivity contribution < 1.29 is 14.3 Å². The molecule has 1 aromatic carbocycles. The number of hydrogen-bond donors (Lipinski definition) is 0. The fraction of sp³-hybridized carbons (Fsp3) is 0.517. The number of ether oxygens (including phenoxy) is 1. The maximum absolute atomic E-state index is 12.5. The van der Waals surface area contributed by atoms with Crippen molar-refractivity contribution in [3.05, 3.63) is 58.7 Å². The molecule has 0 aliphatic heterocycles. The number of ketones is 1. The molecule has 0 amide bonds. The van der Waals surface area contributed by atoms with Crippen LogP contribution in [0.1, 0.15) is 83.1 Å². The van der Waals surface area contributed by atoms with E-state index in [4.69, 9.17) is 4.74 Å². The van der Waals surface area contributed by atoms with Crippen LogP contribution in [0.15, 0.2) is 53.1 Å². The van der Waals surface area contributed by atoms with Crippen molar-refractivity contribution in [1.29, 1.82) is 0 Å². The third-order valence-corrected chi connectivity index (χ3v) is 7.27. The third-order valence-electron chi connectivity index (χ3n) is 7.27. The van der Waals surface area contributed by atoms with E-state index in [2.05, 4.69) is 17.9 Å². The van der Waals surface area contributed by atoms with Crippen LogP contribution in [0.5, 0.6) is 0 Å². The van der Waals surface area contributed by atoms with E-state index in [1.165, 1.54) is 36.0 Å². The fourth-order valence-corrected chi connectivity index (χ4v) is 5.98. The normalized spacial score (nSPS) is 24.8. The van der Waals surface area contributed by atoms with Crippen LogP contribution in [0.4, 0.5) is 0 Å². The summed E-state index contributed by atoms with van der Waals surface area (Å²) in [6.07, 6.45) is 13.7. The number of allylic oxidation sites excluding steroid dienone is 3. The van der Waals surface area contributed by atoms with Gasteiger partial charge in [0.05, 0.1) is 13.0 Å². The number of carbonyl (C=O) groups excluding carboxylic acids is 2. The van der Waals surface area contributed by atoms with E-state index in [0.29, 0.717) is 25.4 Å². The molecule has 1 spiro atoms. The molecule has 4 rings (SSSR count). The summed E-state index contributed by atoms with van der Waals surface area (Å²) >= 11 is 0. The monoisotopic (exact) mass is 430 g/mol. The zero-order valence-electron chi connectivity index (χ0n) is 19.3. The molecule has 1 saturated carbocycles. The van der Waals surface area contributed by atoms with E-state index in [1.54, 1.807) is 0 Å². The molecule has 3 aliphatic rings. The van der Waals surface area contributed by atoms with Crippen LogP contribution in [0.3, 0.4) is 0 Å². The number of hydrogen-bond acceptors (Lipinski definition) is 3. The van der Waals surface area contributed by atoms with Gasteiger partial charge in [-0.2, -0.15) is 0 Å². The average molecular weight is 431 g/mol. The molecule has 2 atom stereocenters. The van der Waals surface area contributed by atoms with Gasteiger partial charge >= 0.3 is 5.97 Å². The highest BCUT2D eigenvalue weighted by Crippen LogP contribution is 2.62. The van der Waals surface area contributed by atoms with Crippen LogP contribution in [-0.2, 0) is 14.3 Å². The standard InChI is InChI=1S/C29H34O3/c1-2-32-27(31)19-25-21-29(28(25)24-12-8-3-4-9-13-24)17-16-23(20-29)18-26(30)15-14-22-10-6-5-7-11-22/h5-7,10-12,23H,2-4,8-9,13,16-21H2,1H3. The van der Waals surface area contributed by atoms with Crippen molar-refractivity contribution in [2.45, 2.75) is 77.6 Å². The summed E-state index contributed by atoms with van der Waals surface area (Å²) in [5.41, 5.74) is 5.27. The maximum atomic E-state index is 12.5. The van der Waals surface area contributed by atoms with Crippen LogP contribution in [-0.4, -0.2) is 18.4 Å². The first-order valence-electron chi connectivity index (χ1n) is 12.3. The lowest BCUT2D eigenvalue weighted by Crippen LogP contribution is -2.34. The minimum absolute atomic E-state index is 0.0428. The summed E-state index contributed by atoms with van der Waals surface area (Å²) in [6, 6.07) is 9.70. The molecular weight excluding hydrogens is 396 g/mol. The lowest BCUT2D eigenvalue weighted by molar-refractivity contribution is -0.142. The Labute approximate surface area is 192 Å². The van der Waals surface area contributed by atoms with Gasteiger partial charge in [0.25, 0.3) is 0 Å². The molecule has 3 nitrogen and oxygen atoms in total. The molecule has 2 unspecified atom stereocenters. The molecule has 32 heavy (non-hydrogen) atoms. The molecule has 3 heteroatoms. The third kappa shape index (κ3) is 5.23. The summed E-state index contributed by atoms with van der Waals surface area (Å²) in [7, 11) is 0. The molecule has 0 heterocycles. The summed E-state index contributed by atoms with van der Waals surface area (Å²) < 4.78 is 5.24. The predicted octanol–water partition coefficient (Wildman–Crippen LogP) is 6.33. The molecule has 0 radical (unpaired) electrons. The second-order valence-corrected chi connectivity index (χ2v) is 9.60. The lowest BCUT2D eigenvalue weighted by Gasteiger charge is -2.45. The van der Waals surface area contributed by atoms with Gasteiger partial charge in [0.15, 0.2) is 0 Å². The van der Waals surface area contributed by atoms with Crippen molar-refractivity contribution >= 4 is 11.8 Å². The maximum Gasteiger partial charge on any atom is 0.309 e. The Morgan fingerprint density at radius 3 is 2.81 bits per heavy atom. The summed E-state index contributed by atoms with van der Waals surface area (Å²) in [5, 5.41) is 0. The van der Waals surface area contributed by atoms with E-state index < -0.39 is 0 Å². The Balaban J connectivity index is 1.46. The van der Waals surface area contributed by atoms with E-state index in [-0.39, 0.29) is 17.2 Å². The van der Waals surface area contributed by atoms with Crippen LogP contribution in [0, 0.1) is 23.2 Å². The Hall–Kier alpha value is -2.60. The first-order chi connectivity index (χ1) is 15.6. The molecule has 0 N–H and O–H groups in total. The second kappa shape index (κ2) is 10.3. The van der Waals surface area contributed by atoms with Crippen LogP contribution in [0.25, 0.3) is 0 Å². The molecule has 168 valence electrons. The predicted molar refractivity (Wildman–Crippen MR) is 127 cm³/mol. The molecule has 1 fully saturated rings. The van der Waals surface area contributed by atoms with Crippen molar-refractivity contribution in [1.82, 2.24) is 0 Å². The van der Waals surface area contributed by atoms with E-state index in [1.807, 2.05) is 37.3 Å². The van der Waals surface area contributed by atoms with Gasteiger partial charge in [-0.05, 0) is 98.8 Å². The average Bonchev–Trinajstić information content (AvgIpc) is 3.02. The quantitative estimate of drug-likeness (QED) is 0.391.